The molecule has 0 heterocycles. The van der Waals surface area contributed by atoms with Crippen LogP contribution in [0.25, 0.3) is 0 Å². The SMILES string of the molecule is CC[C@@H](Oc1ccccc1C)C(=O)NCCCN(C)c1ccccc1. The molecule has 2 aromatic carbocycles. The second-order valence-electron chi connectivity index (χ2n) is 6.18. The van der Waals surface area contributed by atoms with E-state index in [2.05, 4.69) is 29.4 Å². The van der Waals surface area contributed by atoms with Crippen molar-refractivity contribution in [1.82, 2.24) is 5.32 Å². The van der Waals surface area contributed by atoms with Gasteiger partial charge in [-0.05, 0) is 43.5 Å². The van der Waals surface area contributed by atoms with Crippen LogP contribution in [0.15, 0.2) is 54.6 Å². The molecule has 1 atom stereocenters. The number of benzene rings is 2. The molecule has 2 rings (SSSR count). The summed E-state index contributed by atoms with van der Waals surface area (Å²) in [6, 6.07) is 18.0. The van der Waals surface area contributed by atoms with Crippen LogP contribution >= 0.6 is 0 Å². The van der Waals surface area contributed by atoms with Crippen LogP contribution in [0.4, 0.5) is 5.69 Å². The van der Waals surface area contributed by atoms with E-state index in [1.807, 2.05) is 56.3 Å². The van der Waals surface area contributed by atoms with Crippen LogP contribution in [0.3, 0.4) is 0 Å². The predicted molar refractivity (Wildman–Crippen MR) is 103 cm³/mol. The van der Waals surface area contributed by atoms with E-state index >= 15 is 0 Å². The van der Waals surface area contributed by atoms with E-state index in [0.29, 0.717) is 13.0 Å². The minimum absolute atomic E-state index is 0.0480. The van der Waals surface area contributed by atoms with Crippen molar-refractivity contribution in [3.05, 3.63) is 60.2 Å². The number of aryl methyl sites for hydroxylation is 1. The first-order valence-electron chi connectivity index (χ1n) is 8.88. The van der Waals surface area contributed by atoms with E-state index in [9.17, 15) is 4.79 Å². The summed E-state index contributed by atoms with van der Waals surface area (Å²) in [6.07, 6.45) is 1.08. The Morgan fingerprint density at radius 1 is 1.12 bits per heavy atom. The molecule has 0 saturated carbocycles. The van der Waals surface area contributed by atoms with Gasteiger partial charge in [-0.25, -0.2) is 0 Å². The van der Waals surface area contributed by atoms with Gasteiger partial charge in [0.05, 0.1) is 0 Å². The molecular formula is C21H28N2O2. The first kappa shape index (κ1) is 18.8. The standard InChI is InChI=1S/C21H28N2O2/c1-4-19(25-20-14-9-8-11-17(20)2)21(24)22-15-10-16-23(3)18-12-6-5-7-13-18/h5-9,11-14,19H,4,10,15-16H2,1-3H3,(H,22,24)/t19-/m1/s1. The number of anilines is 1. The molecule has 0 bridgehead atoms. The van der Waals surface area contributed by atoms with Crippen molar-refractivity contribution >= 4 is 11.6 Å². The lowest BCUT2D eigenvalue weighted by molar-refractivity contribution is -0.128. The van der Waals surface area contributed by atoms with Crippen LogP contribution in [0.2, 0.25) is 0 Å². The van der Waals surface area contributed by atoms with Gasteiger partial charge < -0.3 is 15.0 Å². The number of ether oxygens (including phenoxy) is 1. The van der Waals surface area contributed by atoms with E-state index in [4.69, 9.17) is 4.74 Å². The summed E-state index contributed by atoms with van der Waals surface area (Å²) in [6.45, 7) is 5.48. The lowest BCUT2D eigenvalue weighted by atomic mass is 10.2. The van der Waals surface area contributed by atoms with Gasteiger partial charge in [-0.15, -0.1) is 0 Å². The lowest BCUT2D eigenvalue weighted by Crippen LogP contribution is -2.39. The molecule has 0 fully saturated rings. The Morgan fingerprint density at radius 3 is 2.48 bits per heavy atom. The highest BCUT2D eigenvalue weighted by Gasteiger charge is 2.18. The molecule has 0 aliphatic rings. The van der Waals surface area contributed by atoms with E-state index in [1.54, 1.807) is 0 Å². The molecule has 0 unspecified atom stereocenters. The number of nitrogens with one attached hydrogen (secondary N) is 1. The second-order valence-corrected chi connectivity index (χ2v) is 6.18. The third-order valence-corrected chi connectivity index (χ3v) is 4.19. The van der Waals surface area contributed by atoms with E-state index in [0.717, 1.165) is 24.3 Å². The second kappa shape index (κ2) is 9.72. The van der Waals surface area contributed by atoms with Gasteiger partial charge in [0, 0.05) is 25.8 Å². The van der Waals surface area contributed by atoms with Crippen LogP contribution < -0.4 is 15.0 Å². The molecule has 1 N–H and O–H groups in total. The highest BCUT2D eigenvalue weighted by atomic mass is 16.5. The van der Waals surface area contributed by atoms with Crippen molar-refractivity contribution in [2.24, 2.45) is 0 Å². The minimum Gasteiger partial charge on any atom is -0.480 e. The summed E-state index contributed by atoms with van der Waals surface area (Å²) in [5.74, 6) is 0.724. The fraction of sp³-hybridized carbons (Fsp3) is 0.381. The zero-order chi connectivity index (χ0) is 18.1. The summed E-state index contributed by atoms with van der Waals surface area (Å²) in [5.41, 5.74) is 2.22. The van der Waals surface area contributed by atoms with Crippen LogP contribution in [0.5, 0.6) is 5.75 Å². The molecule has 0 aromatic heterocycles. The Hall–Kier alpha value is -2.49. The highest BCUT2D eigenvalue weighted by Crippen LogP contribution is 2.18. The van der Waals surface area contributed by atoms with Crippen molar-refractivity contribution in [2.75, 3.05) is 25.0 Å². The van der Waals surface area contributed by atoms with Crippen molar-refractivity contribution in [1.29, 1.82) is 0 Å². The van der Waals surface area contributed by atoms with Gasteiger partial charge >= 0.3 is 0 Å². The zero-order valence-corrected chi connectivity index (χ0v) is 15.4. The molecule has 4 nitrogen and oxygen atoms in total. The number of hydrogen-bond donors (Lipinski definition) is 1. The molecular weight excluding hydrogens is 312 g/mol. The zero-order valence-electron chi connectivity index (χ0n) is 15.4. The van der Waals surface area contributed by atoms with Crippen molar-refractivity contribution in [3.63, 3.8) is 0 Å². The average molecular weight is 340 g/mol. The third-order valence-electron chi connectivity index (χ3n) is 4.19. The van der Waals surface area contributed by atoms with Crippen molar-refractivity contribution < 1.29 is 9.53 Å². The number of hydrogen-bond acceptors (Lipinski definition) is 3. The van der Waals surface area contributed by atoms with Crippen molar-refractivity contribution in [2.45, 2.75) is 32.8 Å². The summed E-state index contributed by atoms with van der Waals surface area (Å²) < 4.78 is 5.88. The molecule has 25 heavy (non-hydrogen) atoms. The number of para-hydroxylation sites is 2. The molecule has 0 saturated heterocycles. The van der Waals surface area contributed by atoms with Gasteiger partial charge in [0.2, 0.25) is 0 Å². The highest BCUT2D eigenvalue weighted by molar-refractivity contribution is 5.81. The molecule has 1 amide bonds. The third kappa shape index (κ3) is 5.82. The quantitative estimate of drug-likeness (QED) is 0.706. The van der Waals surface area contributed by atoms with E-state index < -0.39 is 6.10 Å². The molecule has 134 valence electrons. The van der Waals surface area contributed by atoms with Gasteiger partial charge in [-0.3, -0.25) is 4.79 Å². The Morgan fingerprint density at radius 2 is 1.80 bits per heavy atom. The summed E-state index contributed by atoms with van der Waals surface area (Å²) in [4.78, 5) is 14.5. The molecule has 2 aromatic rings. The van der Waals surface area contributed by atoms with Gasteiger partial charge in [0.25, 0.3) is 5.91 Å². The molecule has 0 radical (unpaired) electrons. The van der Waals surface area contributed by atoms with Crippen molar-refractivity contribution in [3.8, 4) is 5.75 Å². The molecule has 4 heteroatoms. The summed E-state index contributed by atoms with van der Waals surface area (Å²) >= 11 is 0. The average Bonchev–Trinajstić information content (AvgIpc) is 2.65. The van der Waals surface area contributed by atoms with E-state index in [-0.39, 0.29) is 5.91 Å². The fourth-order valence-electron chi connectivity index (χ4n) is 2.62. The van der Waals surface area contributed by atoms with Gasteiger partial charge in [-0.2, -0.15) is 0 Å². The van der Waals surface area contributed by atoms with E-state index in [1.165, 1.54) is 5.69 Å². The Kier molecular flexibility index (Phi) is 7.33. The maximum absolute atomic E-state index is 12.4. The Balaban J connectivity index is 1.75. The number of amides is 1. The first-order valence-corrected chi connectivity index (χ1v) is 8.88. The number of nitrogens with zero attached hydrogens (tertiary/aromatic N) is 1. The normalized spacial score (nSPS) is 11.6. The maximum Gasteiger partial charge on any atom is 0.261 e. The van der Waals surface area contributed by atoms with Gasteiger partial charge in [0.1, 0.15) is 5.75 Å². The monoisotopic (exact) mass is 340 g/mol. The van der Waals surface area contributed by atoms with Crippen LogP contribution in [0.1, 0.15) is 25.3 Å². The lowest BCUT2D eigenvalue weighted by Gasteiger charge is -2.21. The summed E-state index contributed by atoms with van der Waals surface area (Å²) in [7, 11) is 2.06. The first-order chi connectivity index (χ1) is 12.1. The molecule has 0 spiro atoms. The Bertz CT molecular complexity index is 658. The largest absolute Gasteiger partial charge is 0.480 e. The topological polar surface area (TPSA) is 41.6 Å². The predicted octanol–water partition coefficient (Wildman–Crippen LogP) is 3.80. The number of carbonyl (C=O) groups excluding carboxylic acids is 1. The minimum atomic E-state index is -0.451. The van der Waals surface area contributed by atoms with Gasteiger partial charge in [0.15, 0.2) is 6.10 Å². The van der Waals surface area contributed by atoms with Crippen LogP contribution in [0, 0.1) is 6.92 Å². The number of rotatable bonds is 9. The van der Waals surface area contributed by atoms with Crippen LogP contribution in [-0.2, 0) is 4.79 Å². The summed E-state index contributed by atoms with van der Waals surface area (Å²) in [5, 5.41) is 2.99. The number of carbonyl (C=O) groups is 1. The Labute approximate surface area is 150 Å². The van der Waals surface area contributed by atoms with Crippen LogP contribution in [-0.4, -0.2) is 32.1 Å². The maximum atomic E-state index is 12.4. The smallest absolute Gasteiger partial charge is 0.261 e. The fourth-order valence-corrected chi connectivity index (χ4v) is 2.62. The molecule has 0 aliphatic heterocycles. The molecule has 0 aliphatic carbocycles. The van der Waals surface area contributed by atoms with Gasteiger partial charge in [-0.1, -0.05) is 43.3 Å².